The monoisotopic (exact) mass is 297 g/mol. The van der Waals surface area contributed by atoms with Crippen molar-refractivity contribution in [2.75, 3.05) is 20.1 Å². The van der Waals surface area contributed by atoms with E-state index in [-0.39, 0.29) is 11.9 Å². The number of carbonyl (C=O) groups excluding carboxylic acids is 1. The molecule has 20 heavy (non-hydrogen) atoms. The molecule has 1 aromatic heterocycles. The number of nitrogens with zero attached hydrogens (tertiary/aromatic N) is 2. The van der Waals surface area contributed by atoms with Crippen LogP contribution in [0.3, 0.4) is 0 Å². The summed E-state index contributed by atoms with van der Waals surface area (Å²) in [7, 11) is 1.91. The van der Waals surface area contributed by atoms with Crippen molar-refractivity contribution in [1.82, 2.24) is 14.8 Å². The van der Waals surface area contributed by atoms with Gasteiger partial charge in [-0.15, -0.1) is 0 Å². The summed E-state index contributed by atoms with van der Waals surface area (Å²) >= 11 is 6.07. The lowest BCUT2D eigenvalue weighted by Crippen LogP contribution is -2.38. The number of carbonyl (C=O) groups is 1. The second-order valence-electron chi connectivity index (χ2n) is 5.80. The van der Waals surface area contributed by atoms with Crippen LogP contribution in [0.4, 0.5) is 0 Å². The topological polar surface area (TPSA) is 37.3 Å². The molecule has 5 heteroatoms. The van der Waals surface area contributed by atoms with Crippen molar-refractivity contribution in [2.45, 2.75) is 45.2 Å². The second-order valence-corrected chi connectivity index (χ2v) is 6.23. The zero-order valence-electron chi connectivity index (χ0n) is 12.5. The fourth-order valence-electron chi connectivity index (χ4n) is 2.78. The summed E-state index contributed by atoms with van der Waals surface area (Å²) in [4.78, 5) is 14.6. The number of halogens is 1. The molecule has 1 aromatic rings. The van der Waals surface area contributed by atoms with Crippen LogP contribution in [-0.2, 0) is 0 Å². The largest absolute Gasteiger partial charge is 0.339 e. The highest BCUT2D eigenvalue weighted by atomic mass is 35.5. The number of rotatable bonds is 3. The number of hydrogen-bond donors (Lipinski definition) is 1. The van der Waals surface area contributed by atoms with E-state index in [4.69, 9.17) is 11.6 Å². The highest BCUT2D eigenvalue weighted by Gasteiger charge is 2.25. The van der Waals surface area contributed by atoms with Gasteiger partial charge in [0.1, 0.15) is 5.69 Å². The maximum atomic E-state index is 12.7. The van der Waals surface area contributed by atoms with Gasteiger partial charge in [-0.05, 0) is 52.3 Å². The van der Waals surface area contributed by atoms with Gasteiger partial charge in [0.15, 0.2) is 0 Å². The number of hydrogen-bond acceptors (Lipinski definition) is 2. The fourth-order valence-corrected chi connectivity index (χ4v) is 2.99. The van der Waals surface area contributed by atoms with E-state index >= 15 is 0 Å². The van der Waals surface area contributed by atoms with E-state index in [1.165, 1.54) is 0 Å². The Labute approximate surface area is 126 Å². The van der Waals surface area contributed by atoms with Crippen molar-refractivity contribution in [3.63, 3.8) is 0 Å². The van der Waals surface area contributed by atoms with Crippen LogP contribution in [0, 0.1) is 0 Å². The van der Waals surface area contributed by atoms with E-state index in [0.29, 0.717) is 16.8 Å². The summed E-state index contributed by atoms with van der Waals surface area (Å²) in [5, 5.41) is 4.00. The molecule has 1 fully saturated rings. The Hall–Kier alpha value is -1.00. The Morgan fingerprint density at radius 3 is 2.90 bits per heavy atom. The van der Waals surface area contributed by atoms with Gasteiger partial charge in [0.05, 0.1) is 5.02 Å². The first kappa shape index (κ1) is 15.4. The molecule has 4 nitrogen and oxygen atoms in total. The molecule has 1 unspecified atom stereocenters. The summed E-state index contributed by atoms with van der Waals surface area (Å²) in [6, 6.07) is 2.31. The minimum absolute atomic E-state index is 0.0671. The molecule has 1 N–H and O–H groups in total. The lowest BCUT2D eigenvalue weighted by molar-refractivity contribution is 0.0708. The molecule has 2 rings (SSSR count). The lowest BCUT2D eigenvalue weighted by Gasteiger charge is -2.28. The minimum Gasteiger partial charge on any atom is -0.339 e. The summed E-state index contributed by atoms with van der Waals surface area (Å²) in [5.74, 6) is 0.0671. The summed E-state index contributed by atoms with van der Waals surface area (Å²) in [5.41, 5.74) is 0.685. The van der Waals surface area contributed by atoms with Crippen LogP contribution in [-0.4, -0.2) is 41.6 Å². The molecule has 0 radical (unpaired) electrons. The van der Waals surface area contributed by atoms with Gasteiger partial charge in [0, 0.05) is 25.3 Å². The Bertz CT molecular complexity index is 462. The molecule has 0 aliphatic carbocycles. The van der Waals surface area contributed by atoms with E-state index in [2.05, 4.69) is 19.2 Å². The van der Waals surface area contributed by atoms with Crippen LogP contribution < -0.4 is 5.32 Å². The first-order chi connectivity index (χ1) is 9.50. The first-order valence-corrected chi connectivity index (χ1v) is 7.73. The number of aromatic nitrogens is 1. The lowest BCUT2D eigenvalue weighted by atomic mass is 10.1. The third kappa shape index (κ3) is 3.36. The quantitative estimate of drug-likeness (QED) is 0.931. The predicted molar refractivity (Wildman–Crippen MR) is 82.4 cm³/mol. The molecular formula is C15H24ClN3O. The molecule has 0 spiro atoms. The molecule has 0 bridgehead atoms. The molecule has 0 saturated carbocycles. The van der Waals surface area contributed by atoms with Crippen molar-refractivity contribution in [1.29, 1.82) is 0 Å². The van der Waals surface area contributed by atoms with Crippen molar-refractivity contribution in [3.8, 4) is 0 Å². The maximum Gasteiger partial charge on any atom is 0.270 e. The van der Waals surface area contributed by atoms with Gasteiger partial charge in [-0.3, -0.25) is 4.79 Å². The Kier molecular flexibility index (Phi) is 5.11. The van der Waals surface area contributed by atoms with E-state index in [1.54, 1.807) is 6.07 Å². The van der Waals surface area contributed by atoms with E-state index in [0.717, 1.165) is 32.4 Å². The van der Waals surface area contributed by atoms with Crippen molar-refractivity contribution < 1.29 is 4.79 Å². The molecule has 112 valence electrons. The van der Waals surface area contributed by atoms with Gasteiger partial charge in [0.25, 0.3) is 5.91 Å². The Morgan fingerprint density at radius 2 is 2.20 bits per heavy atom. The molecular weight excluding hydrogens is 274 g/mol. The minimum atomic E-state index is 0.0671. The van der Waals surface area contributed by atoms with E-state index in [9.17, 15) is 4.79 Å². The van der Waals surface area contributed by atoms with Crippen LogP contribution in [0.25, 0.3) is 0 Å². The highest BCUT2D eigenvalue weighted by Crippen LogP contribution is 2.22. The molecule has 2 heterocycles. The average Bonchev–Trinajstić information content (AvgIpc) is 2.64. The molecule has 1 atom stereocenters. The zero-order valence-corrected chi connectivity index (χ0v) is 13.3. The van der Waals surface area contributed by atoms with Crippen LogP contribution in [0.5, 0.6) is 0 Å². The molecule has 1 aliphatic heterocycles. The molecule has 1 saturated heterocycles. The summed E-state index contributed by atoms with van der Waals surface area (Å²) in [6.07, 6.45) is 5.03. The summed E-state index contributed by atoms with van der Waals surface area (Å²) < 4.78 is 1.95. The predicted octanol–water partition coefficient (Wildman–Crippen LogP) is 2.94. The van der Waals surface area contributed by atoms with Gasteiger partial charge in [-0.2, -0.15) is 0 Å². The van der Waals surface area contributed by atoms with Crippen LogP contribution in [0.15, 0.2) is 12.3 Å². The van der Waals surface area contributed by atoms with Gasteiger partial charge >= 0.3 is 0 Å². The third-order valence-corrected chi connectivity index (χ3v) is 4.21. The molecule has 0 aromatic carbocycles. The van der Waals surface area contributed by atoms with Crippen molar-refractivity contribution in [2.24, 2.45) is 0 Å². The molecule has 1 amide bonds. The van der Waals surface area contributed by atoms with Crippen LogP contribution in [0.2, 0.25) is 5.02 Å². The fraction of sp³-hybridized carbons (Fsp3) is 0.667. The highest BCUT2D eigenvalue weighted by molar-refractivity contribution is 6.31. The second kappa shape index (κ2) is 6.64. The maximum absolute atomic E-state index is 12.7. The van der Waals surface area contributed by atoms with Crippen molar-refractivity contribution >= 4 is 17.5 Å². The number of nitrogens with one attached hydrogen (secondary N) is 1. The normalized spacial score (nSPS) is 19.9. The smallest absolute Gasteiger partial charge is 0.270 e. The van der Waals surface area contributed by atoms with E-state index in [1.807, 2.05) is 22.7 Å². The van der Waals surface area contributed by atoms with Gasteiger partial charge in [-0.1, -0.05) is 11.6 Å². The average molecular weight is 298 g/mol. The summed E-state index contributed by atoms with van der Waals surface area (Å²) in [6.45, 7) is 6.15. The van der Waals surface area contributed by atoms with E-state index < -0.39 is 0 Å². The van der Waals surface area contributed by atoms with Gasteiger partial charge < -0.3 is 14.8 Å². The van der Waals surface area contributed by atoms with Crippen molar-refractivity contribution in [3.05, 3.63) is 23.0 Å². The van der Waals surface area contributed by atoms with Gasteiger partial charge in [-0.25, -0.2) is 0 Å². The van der Waals surface area contributed by atoms with Gasteiger partial charge in [0.2, 0.25) is 0 Å². The van der Waals surface area contributed by atoms with Crippen LogP contribution >= 0.6 is 11.6 Å². The molecule has 1 aliphatic rings. The van der Waals surface area contributed by atoms with Crippen LogP contribution in [0.1, 0.15) is 49.6 Å². The third-order valence-electron chi connectivity index (χ3n) is 4.00. The standard InChI is InChI=1S/C15H24ClN3O/c1-11(2)19-10-12(16)9-14(19)15(20)18(3)13-5-4-7-17-8-6-13/h9-11,13,17H,4-8H2,1-3H3. The first-order valence-electron chi connectivity index (χ1n) is 7.36. The Balaban J connectivity index is 2.17. The zero-order chi connectivity index (χ0) is 14.7. The Morgan fingerprint density at radius 1 is 1.45 bits per heavy atom. The SMILES string of the molecule is CC(C)n1cc(Cl)cc1C(=O)N(C)C1CCCNCC1. The number of amides is 1.